The Labute approximate surface area is 101 Å². The SMILES string of the molecule is C.C.C.C.CN(C)C(=O)O.CN(C)C=O.O. The molecule has 3 N–H and O–H groups in total. The van der Waals surface area contributed by atoms with Crippen LogP contribution < -0.4 is 0 Å². The van der Waals surface area contributed by atoms with Crippen LogP contribution in [0.3, 0.4) is 0 Å². The third kappa shape index (κ3) is 78.7. The highest BCUT2D eigenvalue weighted by molar-refractivity contribution is 5.63. The van der Waals surface area contributed by atoms with Gasteiger partial charge in [0, 0.05) is 28.2 Å². The molecule has 0 rings (SSSR count). The quantitative estimate of drug-likeness (QED) is 0.711. The van der Waals surface area contributed by atoms with Gasteiger partial charge in [0.25, 0.3) is 0 Å². The molecule has 0 saturated carbocycles. The molecule has 0 aliphatic heterocycles. The van der Waals surface area contributed by atoms with Gasteiger partial charge in [0.15, 0.2) is 0 Å². The lowest BCUT2D eigenvalue weighted by molar-refractivity contribution is -0.115. The van der Waals surface area contributed by atoms with Gasteiger partial charge in [-0.1, -0.05) is 29.7 Å². The first-order valence-electron chi connectivity index (χ1n) is 2.93. The molecule has 0 aromatic heterocycles. The average molecular weight is 244 g/mol. The van der Waals surface area contributed by atoms with E-state index in [4.69, 9.17) is 5.11 Å². The van der Waals surface area contributed by atoms with Gasteiger partial charge in [-0.3, -0.25) is 4.79 Å². The van der Waals surface area contributed by atoms with Crippen molar-refractivity contribution < 1.29 is 20.2 Å². The van der Waals surface area contributed by atoms with E-state index in [0.717, 1.165) is 11.3 Å². The molecule has 6 heteroatoms. The maximum Gasteiger partial charge on any atom is 0.406 e. The Morgan fingerprint density at radius 2 is 1.12 bits per heavy atom. The second kappa shape index (κ2) is 29.2. The van der Waals surface area contributed by atoms with Crippen LogP contribution in [0, 0.1) is 0 Å². The molecular weight excluding hydrogens is 212 g/mol. The van der Waals surface area contributed by atoms with Gasteiger partial charge in [0.05, 0.1) is 0 Å². The first-order chi connectivity index (χ1) is 4.91. The lowest BCUT2D eigenvalue weighted by Gasteiger charge is -1.99. The highest BCUT2D eigenvalue weighted by Crippen LogP contribution is 1.69. The predicted octanol–water partition coefficient (Wildman–Crippen LogP) is 1.65. The molecule has 0 unspecified atom stereocenters. The van der Waals surface area contributed by atoms with E-state index in [-0.39, 0.29) is 35.2 Å². The monoisotopic (exact) mass is 244 g/mol. The van der Waals surface area contributed by atoms with E-state index in [1.165, 1.54) is 19.0 Å². The molecule has 0 spiro atoms. The van der Waals surface area contributed by atoms with Gasteiger partial charge in [0.1, 0.15) is 0 Å². The highest BCUT2D eigenvalue weighted by Gasteiger charge is 1.91. The topological polar surface area (TPSA) is 92.4 Å². The third-order valence-electron chi connectivity index (χ3n) is 0.593. The predicted molar refractivity (Wildman–Crippen MR) is 72.0 cm³/mol. The van der Waals surface area contributed by atoms with Gasteiger partial charge < -0.3 is 20.4 Å². The van der Waals surface area contributed by atoms with Crippen LogP contribution in [0.4, 0.5) is 4.79 Å². The molecule has 0 saturated heterocycles. The summed E-state index contributed by atoms with van der Waals surface area (Å²) in [7, 11) is 6.32. The van der Waals surface area contributed by atoms with Crippen LogP contribution in [0.15, 0.2) is 0 Å². The molecular formula is C10H32N2O4. The van der Waals surface area contributed by atoms with E-state index in [1.54, 1.807) is 14.1 Å². The van der Waals surface area contributed by atoms with Crippen LogP contribution in [0.5, 0.6) is 0 Å². The average Bonchev–Trinajstić information content (AvgIpc) is 1.89. The summed E-state index contributed by atoms with van der Waals surface area (Å²) in [5.41, 5.74) is 0. The molecule has 0 heterocycles. The Kier molecular flexibility index (Phi) is 84.9. The van der Waals surface area contributed by atoms with Crippen LogP contribution in [0.2, 0.25) is 0 Å². The Balaban J connectivity index is -0.0000000155. The second-order valence-corrected chi connectivity index (χ2v) is 2.25. The summed E-state index contributed by atoms with van der Waals surface area (Å²) >= 11 is 0. The van der Waals surface area contributed by atoms with E-state index < -0.39 is 6.09 Å². The summed E-state index contributed by atoms with van der Waals surface area (Å²) in [4.78, 5) is 21.6. The molecule has 16 heavy (non-hydrogen) atoms. The van der Waals surface area contributed by atoms with Crippen molar-refractivity contribution in [3.05, 3.63) is 0 Å². The molecule has 0 aromatic rings. The van der Waals surface area contributed by atoms with Crippen molar-refractivity contribution in [3.63, 3.8) is 0 Å². The zero-order chi connectivity index (χ0) is 9.44. The molecule has 0 radical (unpaired) electrons. The first-order valence-corrected chi connectivity index (χ1v) is 2.93. The number of amides is 2. The summed E-state index contributed by atoms with van der Waals surface area (Å²) in [6.45, 7) is 0. The van der Waals surface area contributed by atoms with Crippen LogP contribution in [0.25, 0.3) is 0 Å². The number of hydrogen-bond acceptors (Lipinski definition) is 2. The Hall–Kier alpha value is -1.30. The molecule has 0 bridgehead atoms. The molecule has 2 amide bonds. The summed E-state index contributed by atoms with van der Waals surface area (Å²) in [5, 5.41) is 7.92. The smallest absolute Gasteiger partial charge is 0.406 e. The highest BCUT2D eigenvalue weighted by atomic mass is 16.4. The van der Waals surface area contributed by atoms with Crippen molar-refractivity contribution in [3.8, 4) is 0 Å². The van der Waals surface area contributed by atoms with Gasteiger partial charge in [-0.2, -0.15) is 0 Å². The largest absolute Gasteiger partial charge is 0.465 e. The van der Waals surface area contributed by atoms with E-state index in [1.807, 2.05) is 0 Å². The summed E-state index contributed by atoms with van der Waals surface area (Å²) < 4.78 is 0. The second-order valence-electron chi connectivity index (χ2n) is 2.25. The third-order valence-corrected chi connectivity index (χ3v) is 0.593. The summed E-state index contributed by atoms with van der Waals surface area (Å²) in [6, 6.07) is 0. The van der Waals surface area contributed by atoms with Crippen molar-refractivity contribution in [1.29, 1.82) is 0 Å². The van der Waals surface area contributed by atoms with E-state index in [9.17, 15) is 9.59 Å². The number of carboxylic acid groups (broad SMARTS) is 1. The summed E-state index contributed by atoms with van der Waals surface area (Å²) in [6.07, 6.45) is -0.157. The summed E-state index contributed by atoms with van der Waals surface area (Å²) in [5.74, 6) is 0. The molecule has 0 atom stereocenters. The lowest BCUT2D eigenvalue weighted by Crippen LogP contribution is -2.18. The number of nitrogens with zero attached hydrogens (tertiary/aromatic N) is 2. The molecule has 0 aliphatic rings. The number of carbonyl (C=O) groups excluding carboxylic acids is 1. The van der Waals surface area contributed by atoms with Gasteiger partial charge in [-0.25, -0.2) is 4.79 Å². The van der Waals surface area contributed by atoms with E-state index in [0.29, 0.717) is 0 Å². The fraction of sp³-hybridized carbons (Fsp3) is 0.800. The standard InChI is InChI=1S/C3H7NO2.C3H7NO.4CH4.H2O/c1-4(2)3(5)6;1-4(2)3-5;;;;;/h1-2H3,(H,5,6);3H,1-2H3;4*1H4;1H2. The van der Waals surface area contributed by atoms with Crippen molar-refractivity contribution in [2.45, 2.75) is 29.7 Å². The fourth-order valence-electron chi connectivity index (χ4n) is 0. The molecule has 0 fully saturated rings. The minimum atomic E-state index is -0.907. The van der Waals surface area contributed by atoms with Crippen molar-refractivity contribution in [2.75, 3.05) is 28.2 Å². The zero-order valence-corrected chi connectivity index (χ0v) is 7.74. The maximum atomic E-state index is 9.62. The Morgan fingerprint density at radius 1 is 1.00 bits per heavy atom. The van der Waals surface area contributed by atoms with Gasteiger partial charge in [-0.05, 0) is 0 Å². The van der Waals surface area contributed by atoms with Gasteiger partial charge in [0.2, 0.25) is 6.41 Å². The first kappa shape index (κ1) is 46.5. The molecule has 6 nitrogen and oxygen atoms in total. The fourth-order valence-corrected chi connectivity index (χ4v) is 0. The lowest BCUT2D eigenvalue weighted by atomic mass is 10.9. The minimum absolute atomic E-state index is 0. The van der Waals surface area contributed by atoms with Crippen molar-refractivity contribution in [1.82, 2.24) is 9.80 Å². The van der Waals surface area contributed by atoms with Crippen LogP contribution in [0.1, 0.15) is 29.7 Å². The maximum absolute atomic E-state index is 9.62. The minimum Gasteiger partial charge on any atom is -0.465 e. The van der Waals surface area contributed by atoms with E-state index in [2.05, 4.69) is 0 Å². The Bertz CT molecular complexity index is 128. The van der Waals surface area contributed by atoms with Crippen molar-refractivity contribution in [2.24, 2.45) is 0 Å². The van der Waals surface area contributed by atoms with Crippen LogP contribution in [-0.4, -0.2) is 61.1 Å². The number of hydrogen-bond donors (Lipinski definition) is 1. The van der Waals surface area contributed by atoms with Gasteiger partial charge in [-0.15, -0.1) is 0 Å². The van der Waals surface area contributed by atoms with Crippen LogP contribution in [-0.2, 0) is 4.79 Å². The van der Waals surface area contributed by atoms with Crippen LogP contribution >= 0.6 is 0 Å². The Morgan fingerprint density at radius 3 is 1.12 bits per heavy atom. The molecule has 0 aromatic carbocycles. The normalized spacial score (nSPS) is 5.00. The van der Waals surface area contributed by atoms with Gasteiger partial charge >= 0.3 is 6.09 Å². The molecule has 106 valence electrons. The number of carbonyl (C=O) groups is 2. The molecule has 0 aliphatic carbocycles. The zero-order valence-electron chi connectivity index (χ0n) is 7.74. The van der Waals surface area contributed by atoms with E-state index >= 15 is 0 Å². The van der Waals surface area contributed by atoms with Crippen molar-refractivity contribution >= 4 is 12.5 Å². The number of rotatable bonds is 1.